The average molecular weight is 217 g/mol. The number of thiophene rings is 1. The number of rotatable bonds is 4. The maximum absolute atomic E-state index is 5.17. The van der Waals surface area contributed by atoms with Crippen LogP contribution in [0.15, 0.2) is 53.0 Å². The molecule has 15 heavy (non-hydrogen) atoms. The van der Waals surface area contributed by atoms with Gasteiger partial charge in [0.05, 0.1) is 6.21 Å². The third-order valence-corrected chi connectivity index (χ3v) is 2.68. The molecular formula is C12H11NOS. The molecule has 0 bridgehead atoms. The van der Waals surface area contributed by atoms with Gasteiger partial charge in [0, 0.05) is 4.88 Å². The predicted octanol–water partition coefficient (Wildman–Crippen LogP) is 3.30. The van der Waals surface area contributed by atoms with Crippen molar-refractivity contribution < 1.29 is 4.84 Å². The molecule has 0 fully saturated rings. The van der Waals surface area contributed by atoms with Gasteiger partial charge in [-0.05, 0) is 17.0 Å². The molecule has 2 nitrogen and oxygen atoms in total. The highest BCUT2D eigenvalue weighted by Gasteiger charge is 1.90. The zero-order valence-corrected chi connectivity index (χ0v) is 8.98. The SMILES string of the molecule is C(=NOCc1ccccc1)c1cccs1. The van der Waals surface area contributed by atoms with E-state index in [2.05, 4.69) is 5.16 Å². The summed E-state index contributed by atoms with van der Waals surface area (Å²) in [6, 6.07) is 14.0. The van der Waals surface area contributed by atoms with Crippen molar-refractivity contribution >= 4 is 17.6 Å². The van der Waals surface area contributed by atoms with Crippen LogP contribution in [-0.4, -0.2) is 6.21 Å². The van der Waals surface area contributed by atoms with Crippen molar-refractivity contribution in [2.75, 3.05) is 0 Å². The third kappa shape index (κ3) is 3.22. The molecule has 76 valence electrons. The quantitative estimate of drug-likeness (QED) is 0.569. The largest absolute Gasteiger partial charge is 0.391 e. The zero-order valence-electron chi connectivity index (χ0n) is 8.17. The molecule has 1 aromatic carbocycles. The first-order valence-corrected chi connectivity index (χ1v) is 5.56. The van der Waals surface area contributed by atoms with Crippen LogP contribution in [0.5, 0.6) is 0 Å². The zero-order chi connectivity index (χ0) is 10.3. The maximum atomic E-state index is 5.17. The summed E-state index contributed by atoms with van der Waals surface area (Å²) in [5.74, 6) is 0. The Morgan fingerprint density at radius 1 is 1.13 bits per heavy atom. The van der Waals surface area contributed by atoms with Crippen LogP contribution in [0.25, 0.3) is 0 Å². The summed E-state index contributed by atoms with van der Waals surface area (Å²) in [5, 5.41) is 5.91. The summed E-state index contributed by atoms with van der Waals surface area (Å²) in [6.07, 6.45) is 1.73. The molecule has 0 unspecified atom stereocenters. The molecule has 0 saturated carbocycles. The second-order valence-corrected chi connectivity index (χ2v) is 3.99. The Balaban J connectivity index is 1.80. The molecule has 0 aliphatic carbocycles. The molecule has 0 aliphatic heterocycles. The Morgan fingerprint density at radius 2 is 2.00 bits per heavy atom. The Hall–Kier alpha value is -1.61. The molecule has 1 aromatic heterocycles. The molecule has 1 heterocycles. The predicted molar refractivity (Wildman–Crippen MR) is 63.1 cm³/mol. The van der Waals surface area contributed by atoms with E-state index in [-0.39, 0.29) is 0 Å². The lowest BCUT2D eigenvalue weighted by Crippen LogP contribution is -1.86. The lowest BCUT2D eigenvalue weighted by atomic mass is 10.2. The molecule has 0 amide bonds. The summed E-state index contributed by atoms with van der Waals surface area (Å²) in [4.78, 5) is 6.27. The van der Waals surface area contributed by atoms with Crippen molar-refractivity contribution in [3.63, 3.8) is 0 Å². The van der Waals surface area contributed by atoms with Gasteiger partial charge in [0.1, 0.15) is 6.61 Å². The van der Waals surface area contributed by atoms with Crippen LogP contribution in [0, 0.1) is 0 Å². The number of benzene rings is 1. The van der Waals surface area contributed by atoms with Crippen LogP contribution in [0.1, 0.15) is 10.4 Å². The van der Waals surface area contributed by atoms with Crippen molar-refractivity contribution in [1.82, 2.24) is 0 Å². The topological polar surface area (TPSA) is 21.6 Å². The average Bonchev–Trinajstić information content (AvgIpc) is 2.79. The number of oxime groups is 1. The van der Waals surface area contributed by atoms with Crippen LogP contribution in [0.4, 0.5) is 0 Å². The first-order chi connectivity index (χ1) is 7.45. The number of nitrogens with zero attached hydrogens (tertiary/aromatic N) is 1. The van der Waals surface area contributed by atoms with Gasteiger partial charge in [0.25, 0.3) is 0 Å². The van der Waals surface area contributed by atoms with Crippen LogP contribution < -0.4 is 0 Å². The van der Waals surface area contributed by atoms with E-state index in [0.29, 0.717) is 6.61 Å². The standard InChI is InChI=1S/C12H11NOS/c1-2-5-11(6-3-1)10-14-13-9-12-7-4-8-15-12/h1-9H,10H2. The maximum Gasteiger partial charge on any atom is 0.142 e. The summed E-state index contributed by atoms with van der Waals surface area (Å²) in [7, 11) is 0. The van der Waals surface area contributed by atoms with Gasteiger partial charge in [0.2, 0.25) is 0 Å². The van der Waals surface area contributed by atoms with E-state index in [4.69, 9.17) is 4.84 Å². The van der Waals surface area contributed by atoms with E-state index >= 15 is 0 Å². The van der Waals surface area contributed by atoms with Crippen LogP contribution >= 0.6 is 11.3 Å². The van der Waals surface area contributed by atoms with Crippen molar-refractivity contribution in [3.05, 3.63) is 58.3 Å². The van der Waals surface area contributed by atoms with E-state index in [9.17, 15) is 0 Å². The van der Waals surface area contributed by atoms with Crippen LogP contribution in [-0.2, 0) is 11.4 Å². The van der Waals surface area contributed by atoms with Crippen molar-refractivity contribution in [2.45, 2.75) is 6.61 Å². The third-order valence-electron chi connectivity index (χ3n) is 1.87. The first-order valence-electron chi connectivity index (χ1n) is 4.68. The van der Waals surface area contributed by atoms with E-state index < -0.39 is 0 Å². The molecule has 0 spiro atoms. The highest BCUT2D eigenvalue weighted by Crippen LogP contribution is 2.05. The lowest BCUT2D eigenvalue weighted by Gasteiger charge is -1.97. The fourth-order valence-electron chi connectivity index (χ4n) is 1.14. The Morgan fingerprint density at radius 3 is 2.73 bits per heavy atom. The van der Waals surface area contributed by atoms with E-state index in [0.717, 1.165) is 10.4 Å². The summed E-state index contributed by atoms with van der Waals surface area (Å²) < 4.78 is 0. The van der Waals surface area contributed by atoms with E-state index in [1.165, 1.54) is 0 Å². The minimum atomic E-state index is 0.517. The minimum Gasteiger partial charge on any atom is -0.391 e. The summed E-state index contributed by atoms with van der Waals surface area (Å²) in [6.45, 7) is 0.517. The molecule has 0 saturated heterocycles. The van der Waals surface area contributed by atoms with Crippen LogP contribution in [0.2, 0.25) is 0 Å². The molecule has 0 aliphatic rings. The van der Waals surface area contributed by atoms with Crippen LogP contribution in [0.3, 0.4) is 0 Å². The molecule has 0 radical (unpaired) electrons. The highest BCUT2D eigenvalue weighted by molar-refractivity contribution is 7.11. The second kappa shape index (κ2) is 5.32. The van der Waals surface area contributed by atoms with Gasteiger partial charge in [-0.1, -0.05) is 41.6 Å². The van der Waals surface area contributed by atoms with Gasteiger partial charge in [-0.2, -0.15) is 0 Å². The minimum absolute atomic E-state index is 0.517. The molecular weight excluding hydrogens is 206 g/mol. The smallest absolute Gasteiger partial charge is 0.142 e. The first kappa shape index (κ1) is 9.93. The molecule has 2 aromatic rings. The summed E-state index contributed by atoms with van der Waals surface area (Å²) in [5.41, 5.74) is 1.13. The van der Waals surface area contributed by atoms with Crippen molar-refractivity contribution in [3.8, 4) is 0 Å². The van der Waals surface area contributed by atoms with Gasteiger partial charge < -0.3 is 4.84 Å². The highest BCUT2D eigenvalue weighted by atomic mass is 32.1. The van der Waals surface area contributed by atoms with E-state index in [1.54, 1.807) is 17.6 Å². The van der Waals surface area contributed by atoms with Gasteiger partial charge in [-0.25, -0.2) is 0 Å². The van der Waals surface area contributed by atoms with Crippen molar-refractivity contribution in [1.29, 1.82) is 0 Å². The molecule has 2 rings (SSSR count). The van der Waals surface area contributed by atoms with Gasteiger partial charge >= 0.3 is 0 Å². The lowest BCUT2D eigenvalue weighted by molar-refractivity contribution is 0.132. The molecule has 0 N–H and O–H groups in total. The summed E-state index contributed by atoms with van der Waals surface area (Å²) >= 11 is 1.64. The Kier molecular flexibility index (Phi) is 3.52. The normalized spacial score (nSPS) is 10.7. The second-order valence-electron chi connectivity index (χ2n) is 3.01. The van der Waals surface area contributed by atoms with Gasteiger partial charge in [-0.15, -0.1) is 11.3 Å². The fraction of sp³-hybridized carbons (Fsp3) is 0.0833. The Labute approximate surface area is 92.8 Å². The Bertz CT molecular complexity index is 408. The van der Waals surface area contributed by atoms with Crippen molar-refractivity contribution in [2.24, 2.45) is 5.16 Å². The molecule has 0 atom stereocenters. The van der Waals surface area contributed by atoms with Gasteiger partial charge in [-0.3, -0.25) is 0 Å². The molecule has 3 heteroatoms. The monoisotopic (exact) mass is 217 g/mol. The number of hydrogen-bond donors (Lipinski definition) is 0. The fourth-order valence-corrected chi connectivity index (χ4v) is 1.72. The van der Waals surface area contributed by atoms with E-state index in [1.807, 2.05) is 47.8 Å². The number of hydrogen-bond acceptors (Lipinski definition) is 3. The van der Waals surface area contributed by atoms with Gasteiger partial charge in [0.15, 0.2) is 0 Å².